The van der Waals surface area contributed by atoms with E-state index < -0.39 is 17.3 Å². The Morgan fingerprint density at radius 1 is 0.913 bits per heavy atom. The number of fused-ring (bicyclic) bond motifs is 1. The topological polar surface area (TPSA) is 60.7 Å². The van der Waals surface area contributed by atoms with Gasteiger partial charge in [-0.3, -0.25) is 0 Å². The zero-order valence-corrected chi connectivity index (χ0v) is 14.8. The van der Waals surface area contributed by atoms with Gasteiger partial charge in [0.05, 0.1) is 17.3 Å². The molecule has 3 aliphatic rings. The maximum atomic E-state index is 10.9. The van der Waals surface area contributed by atoms with E-state index in [1.165, 1.54) is 37.7 Å². The molecule has 3 nitrogen and oxygen atoms in total. The summed E-state index contributed by atoms with van der Waals surface area (Å²) >= 11 is 0. The van der Waals surface area contributed by atoms with Gasteiger partial charge in [0.2, 0.25) is 0 Å². The zero-order valence-electron chi connectivity index (χ0n) is 14.8. The van der Waals surface area contributed by atoms with E-state index in [-0.39, 0.29) is 11.8 Å². The normalized spacial score (nSPS) is 48.7. The van der Waals surface area contributed by atoms with Crippen molar-refractivity contribution in [2.45, 2.75) is 88.9 Å². The van der Waals surface area contributed by atoms with E-state index in [1.807, 2.05) is 6.92 Å². The smallest absolute Gasteiger partial charge is 0.0909 e. The molecule has 0 aliphatic heterocycles. The van der Waals surface area contributed by atoms with Crippen molar-refractivity contribution in [3.8, 4) is 0 Å². The lowest BCUT2D eigenvalue weighted by Crippen LogP contribution is -2.43. The van der Waals surface area contributed by atoms with Gasteiger partial charge in [-0.2, -0.15) is 0 Å². The highest BCUT2D eigenvalue weighted by molar-refractivity contribution is 5.14. The Morgan fingerprint density at radius 2 is 1.57 bits per heavy atom. The van der Waals surface area contributed by atoms with E-state index in [0.29, 0.717) is 18.3 Å². The van der Waals surface area contributed by atoms with E-state index in [4.69, 9.17) is 0 Å². The molecule has 3 rings (SSSR count). The number of hydrogen-bond acceptors (Lipinski definition) is 3. The fraction of sp³-hybridized carbons (Fsp3) is 0.900. The van der Waals surface area contributed by atoms with E-state index in [9.17, 15) is 15.3 Å². The van der Waals surface area contributed by atoms with Crippen molar-refractivity contribution < 1.29 is 15.3 Å². The molecule has 3 N–H and O–H groups in total. The summed E-state index contributed by atoms with van der Waals surface area (Å²) in [5.41, 5.74) is -0.545. The van der Waals surface area contributed by atoms with Crippen molar-refractivity contribution in [3.05, 3.63) is 12.2 Å². The lowest BCUT2D eigenvalue weighted by molar-refractivity contribution is -0.0830. The van der Waals surface area contributed by atoms with Gasteiger partial charge in [-0.1, -0.05) is 31.4 Å². The molecule has 0 heterocycles. The minimum Gasteiger partial charge on any atom is -0.390 e. The monoisotopic (exact) mass is 322 g/mol. The molecule has 0 radical (unpaired) electrons. The van der Waals surface area contributed by atoms with Crippen LogP contribution >= 0.6 is 0 Å². The second-order valence-corrected chi connectivity index (χ2v) is 8.93. The quantitative estimate of drug-likeness (QED) is 0.683. The molecular formula is C20H34O3. The summed E-state index contributed by atoms with van der Waals surface area (Å²) in [5, 5.41) is 32.1. The van der Waals surface area contributed by atoms with Gasteiger partial charge in [-0.05, 0) is 76.0 Å². The first-order chi connectivity index (χ1) is 10.7. The van der Waals surface area contributed by atoms with E-state index in [1.54, 1.807) is 6.92 Å². The average molecular weight is 322 g/mol. The predicted molar refractivity (Wildman–Crippen MR) is 91.9 cm³/mol. The lowest BCUT2D eigenvalue weighted by Gasteiger charge is -2.36. The van der Waals surface area contributed by atoms with Gasteiger partial charge in [0.1, 0.15) is 0 Å². The van der Waals surface area contributed by atoms with Gasteiger partial charge < -0.3 is 15.3 Å². The van der Waals surface area contributed by atoms with Crippen molar-refractivity contribution in [3.63, 3.8) is 0 Å². The highest BCUT2D eigenvalue weighted by Crippen LogP contribution is 2.53. The molecule has 0 aromatic carbocycles. The molecule has 0 unspecified atom stereocenters. The lowest BCUT2D eigenvalue weighted by atomic mass is 9.73. The predicted octanol–water partition coefficient (Wildman–Crippen LogP) is 3.42. The van der Waals surface area contributed by atoms with Gasteiger partial charge in [0, 0.05) is 0 Å². The molecule has 0 spiro atoms. The summed E-state index contributed by atoms with van der Waals surface area (Å²) in [7, 11) is 0. The molecule has 132 valence electrons. The molecular weight excluding hydrogens is 288 g/mol. The third-order valence-corrected chi connectivity index (χ3v) is 7.38. The van der Waals surface area contributed by atoms with E-state index >= 15 is 0 Å². The molecule has 0 aromatic rings. The SMILES string of the molecule is C=C(C1CCCCC1)[C@H]1CC[C@@](C)(O)[C@H]2C[C@@H](O)[C@](C)(O)[C@H]2C1. The van der Waals surface area contributed by atoms with Gasteiger partial charge in [0.15, 0.2) is 0 Å². The first-order valence-corrected chi connectivity index (χ1v) is 9.55. The van der Waals surface area contributed by atoms with Gasteiger partial charge in [-0.25, -0.2) is 0 Å². The molecule has 6 atom stereocenters. The van der Waals surface area contributed by atoms with Gasteiger partial charge in [-0.15, -0.1) is 0 Å². The summed E-state index contributed by atoms with van der Waals surface area (Å²) in [6, 6.07) is 0. The van der Waals surface area contributed by atoms with Crippen LogP contribution in [0.15, 0.2) is 12.2 Å². The summed E-state index contributed by atoms with van der Waals surface area (Å²) < 4.78 is 0. The highest BCUT2D eigenvalue weighted by Gasteiger charge is 2.57. The van der Waals surface area contributed by atoms with Crippen LogP contribution in [0.1, 0.15) is 71.6 Å². The third-order valence-electron chi connectivity index (χ3n) is 7.38. The van der Waals surface area contributed by atoms with E-state index in [2.05, 4.69) is 6.58 Å². The molecule has 0 bridgehead atoms. The van der Waals surface area contributed by atoms with Crippen molar-refractivity contribution >= 4 is 0 Å². The molecule has 3 fully saturated rings. The molecule has 3 saturated carbocycles. The Kier molecular flexibility index (Phi) is 4.67. The number of aliphatic hydroxyl groups is 3. The van der Waals surface area contributed by atoms with Gasteiger partial charge in [0.25, 0.3) is 0 Å². The number of hydrogen-bond donors (Lipinski definition) is 3. The molecule has 0 saturated heterocycles. The summed E-state index contributed by atoms with van der Waals surface area (Å²) in [6.07, 6.45) is 8.79. The minimum atomic E-state index is -1.09. The standard InChI is InChI=1S/C20H34O3/c1-13(14-7-5-4-6-8-14)15-9-10-19(2,22)16-12-18(21)20(3,23)17(16)11-15/h14-18,21-23H,1,4-12H2,2-3H3/t15-,16-,17-,18+,19+,20+/m0/s1. The minimum absolute atomic E-state index is 0.0170. The molecule has 23 heavy (non-hydrogen) atoms. The van der Waals surface area contributed by atoms with Gasteiger partial charge >= 0.3 is 0 Å². The average Bonchev–Trinajstić information content (AvgIpc) is 2.66. The molecule has 3 heteroatoms. The van der Waals surface area contributed by atoms with Crippen LogP contribution in [0.3, 0.4) is 0 Å². The van der Waals surface area contributed by atoms with Crippen LogP contribution in [0.5, 0.6) is 0 Å². The van der Waals surface area contributed by atoms with Crippen LogP contribution in [0.25, 0.3) is 0 Å². The Hall–Kier alpha value is -0.380. The van der Waals surface area contributed by atoms with E-state index in [0.717, 1.165) is 19.3 Å². The second-order valence-electron chi connectivity index (χ2n) is 8.93. The Bertz CT molecular complexity index is 448. The first kappa shape index (κ1) is 17.4. The fourth-order valence-electron chi connectivity index (χ4n) is 5.61. The van der Waals surface area contributed by atoms with Crippen molar-refractivity contribution in [1.82, 2.24) is 0 Å². The molecule has 0 amide bonds. The van der Waals surface area contributed by atoms with Crippen molar-refractivity contribution in [2.24, 2.45) is 23.7 Å². The summed E-state index contributed by atoms with van der Waals surface area (Å²) in [5.74, 6) is 0.930. The zero-order chi connectivity index (χ0) is 16.8. The van der Waals surface area contributed by atoms with Crippen LogP contribution in [0, 0.1) is 23.7 Å². The summed E-state index contributed by atoms with van der Waals surface area (Å²) in [6.45, 7) is 8.09. The first-order valence-electron chi connectivity index (χ1n) is 9.55. The van der Waals surface area contributed by atoms with Crippen LogP contribution in [0.4, 0.5) is 0 Å². The fourth-order valence-corrected chi connectivity index (χ4v) is 5.61. The van der Waals surface area contributed by atoms with Crippen LogP contribution in [-0.4, -0.2) is 32.6 Å². The number of aliphatic hydroxyl groups excluding tert-OH is 1. The third kappa shape index (κ3) is 3.12. The van der Waals surface area contributed by atoms with Crippen LogP contribution < -0.4 is 0 Å². The number of rotatable bonds is 2. The maximum absolute atomic E-state index is 10.9. The van der Waals surface area contributed by atoms with Crippen molar-refractivity contribution in [2.75, 3.05) is 0 Å². The largest absolute Gasteiger partial charge is 0.390 e. The van der Waals surface area contributed by atoms with Crippen LogP contribution in [0.2, 0.25) is 0 Å². The second kappa shape index (κ2) is 6.16. The highest BCUT2D eigenvalue weighted by atomic mass is 16.3. The van der Waals surface area contributed by atoms with Crippen molar-refractivity contribution in [1.29, 1.82) is 0 Å². The van der Waals surface area contributed by atoms with Crippen LogP contribution in [-0.2, 0) is 0 Å². The molecule has 0 aromatic heterocycles. The Balaban J connectivity index is 1.81. The Labute approximate surface area is 140 Å². The summed E-state index contributed by atoms with van der Waals surface area (Å²) in [4.78, 5) is 0. The number of allylic oxidation sites excluding steroid dienone is 1. The molecule has 3 aliphatic carbocycles. The Morgan fingerprint density at radius 3 is 2.22 bits per heavy atom. The maximum Gasteiger partial charge on any atom is 0.0909 e.